The van der Waals surface area contributed by atoms with Crippen LogP contribution < -0.4 is 0 Å². The van der Waals surface area contributed by atoms with Crippen LogP contribution in [0.2, 0.25) is 0 Å². The number of pyridine rings is 1. The molecule has 3 heterocycles. The van der Waals surface area contributed by atoms with E-state index in [1.165, 1.54) is 35.4 Å². The van der Waals surface area contributed by atoms with Crippen LogP contribution in [0.3, 0.4) is 0 Å². The number of aromatic nitrogens is 2. The summed E-state index contributed by atoms with van der Waals surface area (Å²) in [6.07, 6.45) is 4.36. The summed E-state index contributed by atoms with van der Waals surface area (Å²) in [5.41, 5.74) is 5.21. The van der Waals surface area contributed by atoms with Crippen LogP contribution in [0.4, 0.5) is 0 Å². The molecular weight excluding hydrogens is 306 g/mol. The third-order valence-electron chi connectivity index (χ3n) is 5.25. The van der Waals surface area contributed by atoms with Crippen molar-refractivity contribution in [3.8, 4) is 5.82 Å². The summed E-state index contributed by atoms with van der Waals surface area (Å²) in [6.45, 7) is 6.46. The summed E-state index contributed by atoms with van der Waals surface area (Å²) in [5, 5.41) is 0. The molecule has 4 rings (SSSR count). The zero-order chi connectivity index (χ0) is 17.2. The van der Waals surface area contributed by atoms with Gasteiger partial charge in [0.1, 0.15) is 5.82 Å². The second kappa shape index (κ2) is 6.85. The highest BCUT2D eigenvalue weighted by Crippen LogP contribution is 2.36. The molecule has 0 unspecified atom stereocenters. The van der Waals surface area contributed by atoms with Gasteiger partial charge in [-0.3, -0.25) is 4.90 Å². The van der Waals surface area contributed by atoms with Crippen LogP contribution in [-0.2, 0) is 6.54 Å². The van der Waals surface area contributed by atoms with Gasteiger partial charge < -0.3 is 4.57 Å². The molecule has 128 valence electrons. The zero-order valence-electron chi connectivity index (χ0n) is 15.0. The van der Waals surface area contributed by atoms with Crippen molar-refractivity contribution in [2.75, 3.05) is 6.54 Å². The summed E-state index contributed by atoms with van der Waals surface area (Å²) in [7, 11) is 0. The highest BCUT2D eigenvalue weighted by atomic mass is 15.2. The Hall–Kier alpha value is -2.39. The lowest BCUT2D eigenvalue weighted by Gasteiger charge is -2.27. The minimum atomic E-state index is 0.435. The van der Waals surface area contributed by atoms with E-state index in [0.29, 0.717) is 6.04 Å². The van der Waals surface area contributed by atoms with E-state index in [2.05, 4.69) is 77.9 Å². The van der Waals surface area contributed by atoms with E-state index in [0.717, 1.165) is 18.9 Å². The number of hydrogen-bond donors (Lipinski definition) is 0. The van der Waals surface area contributed by atoms with Crippen LogP contribution in [0.5, 0.6) is 0 Å². The molecular formula is C22H25N3. The predicted molar refractivity (Wildman–Crippen MR) is 102 cm³/mol. The van der Waals surface area contributed by atoms with E-state index in [-0.39, 0.29) is 0 Å². The van der Waals surface area contributed by atoms with E-state index in [1.807, 2.05) is 6.20 Å². The van der Waals surface area contributed by atoms with Crippen LogP contribution >= 0.6 is 0 Å². The fourth-order valence-corrected chi connectivity index (χ4v) is 4.04. The first-order chi connectivity index (χ1) is 12.2. The summed E-state index contributed by atoms with van der Waals surface area (Å²) < 4.78 is 2.29. The van der Waals surface area contributed by atoms with Crippen LogP contribution in [-0.4, -0.2) is 21.0 Å². The Bertz CT molecular complexity index is 831. The smallest absolute Gasteiger partial charge is 0.141 e. The summed E-state index contributed by atoms with van der Waals surface area (Å²) >= 11 is 0. The van der Waals surface area contributed by atoms with E-state index < -0.39 is 0 Å². The van der Waals surface area contributed by atoms with Gasteiger partial charge in [-0.1, -0.05) is 36.4 Å². The van der Waals surface area contributed by atoms with Crippen molar-refractivity contribution >= 4 is 0 Å². The maximum absolute atomic E-state index is 4.77. The number of benzene rings is 1. The van der Waals surface area contributed by atoms with Gasteiger partial charge in [-0.15, -0.1) is 0 Å². The molecule has 3 heteroatoms. The van der Waals surface area contributed by atoms with Gasteiger partial charge in [0.05, 0.1) is 0 Å². The molecule has 0 radical (unpaired) electrons. The minimum absolute atomic E-state index is 0.435. The SMILES string of the molecule is Cc1ccc(C)n1-c1ncccc1[C@@H]1CCCN1Cc1ccccc1. The second-order valence-electron chi connectivity index (χ2n) is 6.98. The van der Waals surface area contributed by atoms with Crippen LogP contribution in [0.25, 0.3) is 5.82 Å². The Labute approximate surface area is 149 Å². The van der Waals surface area contributed by atoms with Crippen molar-refractivity contribution < 1.29 is 0 Å². The quantitative estimate of drug-likeness (QED) is 0.683. The van der Waals surface area contributed by atoms with Gasteiger partial charge in [0.25, 0.3) is 0 Å². The lowest BCUT2D eigenvalue weighted by molar-refractivity contribution is 0.248. The molecule has 0 spiro atoms. The predicted octanol–water partition coefficient (Wildman–Crippen LogP) is 4.83. The standard InChI is InChI=1S/C22H25N3/c1-17-12-13-18(2)25(17)22-20(10-6-14-23-22)21-11-7-15-24(21)16-19-8-4-3-5-9-19/h3-6,8-10,12-14,21H,7,11,15-16H2,1-2H3/t21-/m0/s1. The van der Waals surface area contributed by atoms with Crippen LogP contribution in [0.1, 0.15) is 41.4 Å². The number of rotatable bonds is 4. The molecule has 1 saturated heterocycles. The van der Waals surface area contributed by atoms with Gasteiger partial charge in [-0.05, 0) is 57.0 Å². The average Bonchev–Trinajstić information content (AvgIpc) is 3.22. The molecule has 0 bridgehead atoms. The van der Waals surface area contributed by atoms with Crippen molar-refractivity contribution in [3.05, 3.63) is 83.3 Å². The van der Waals surface area contributed by atoms with Crippen molar-refractivity contribution in [2.24, 2.45) is 0 Å². The van der Waals surface area contributed by atoms with Crippen molar-refractivity contribution in [1.29, 1.82) is 0 Å². The van der Waals surface area contributed by atoms with Gasteiger partial charge in [-0.25, -0.2) is 4.98 Å². The molecule has 1 aliphatic rings. The summed E-state index contributed by atoms with van der Waals surface area (Å²) in [4.78, 5) is 7.37. The van der Waals surface area contributed by atoms with Crippen molar-refractivity contribution in [1.82, 2.24) is 14.5 Å². The van der Waals surface area contributed by atoms with Crippen LogP contribution in [0.15, 0.2) is 60.8 Å². The van der Waals surface area contributed by atoms with Crippen molar-refractivity contribution in [3.63, 3.8) is 0 Å². The molecule has 1 fully saturated rings. The van der Waals surface area contributed by atoms with Gasteiger partial charge >= 0.3 is 0 Å². The highest BCUT2D eigenvalue weighted by molar-refractivity contribution is 5.41. The Morgan fingerprint density at radius 1 is 0.960 bits per heavy atom. The largest absolute Gasteiger partial charge is 0.303 e. The summed E-state index contributed by atoms with van der Waals surface area (Å²) in [5.74, 6) is 1.09. The second-order valence-corrected chi connectivity index (χ2v) is 6.98. The first-order valence-corrected chi connectivity index (χ1v) is 9.12. The minimum Gasteiger partial charge on any atom is -0.303 e. The van der Waals surface area contributed by atoms with Crippen LogP contribution in [0, 0.1) is 13.8 Å². The molecule has 0 N–H and O–H groups in total. The topological polar surface area (TPSA) is 21.1 Å². The Morgan fingerprint density at radius 3 is 2.48 bits per heavy atom. The molecule has 25 heavy (non-hydrogen) atoms. The number of aryl methyl sites for hydroxylation is 2. The van der Waals surface area contributed by atoms with Gasteiger partial charge in [0.15, 0.2) is 0 Å². The first kappa shape index (κ1) is 16.1. The maximum atomic E-state index is 4.77. The molecule has 3 nitrogen and oxygen atoms in total. The number of likely N-dealkylation sites (tertiary alicyclic amines) is 1. The molecule has 0 saturated carbocycles. The highest BCUT2D eigenvalue weighted by Gasteiger charge is 2.29. The molecule has 1 aromatic carbocycles. The fourth-order valence-electron chi connectivity index (χ4n) is 4.04. The third kappa shape index (κ3) is 3.12. The van der Waals surface area contributed by atoms with Crippen molar-refractivity contribution in [2.45, 2.75) is 39.3 Å². The number of nitrogens with zero attached hydrogens (tertiary/aromatic N) is 3. The molecule has 3 aromatic rings. The fraction of sp³-hybridized carbons (Fsp3) is 0.318. The monoisotopic (exact) mass is 331 g/mol. The lowest BCUT2D eigenvalue weighted by Crippen LogP contribution is -2.24. The average molecular weight is 331 g/mol. The van der Waals surface area contributed by atoms with Gasteiger partial charge in [-0.2, -0.15) is 0 Å². The zero-order valence-corrected chi connectivity index (χ0v) is 15.0. The molecule has 1 atom stereocenters. The molecule has 0 amide bonds. The normalized spacial score (nSPS) is 17.9. The summed E-state index contributed by atoms with van der Waals surface area (Å²) in [6, 6.07) is 19.9. The van der Waals surface area contributed by atoms with Gasteiger partial charge in [0.2, 0.25) is 0 Å². The number of hydrogen-bond acceptors (Lipinski definition) is 2. The Morgan fingerprint density at radius 2 is 1.72 bits per heavy atom. The van der Waals surface area contributed by atoms with E-state index in [1.54, 1.807) is 0 Å². The van der Waals surface area contributed by atoms with Gasteiger partial charge in [0, 0.05) is 35.7 Å². The molecule has 0 aliphatic carbocycles. The Kier molecular flexibility index (Phi) is 4.41. The first-order valence-electron chi connectivity index (χ1n) is 9.12. The third-order valence-corrected chi connectivity index (χ3v) is 5.25. The van der Waals surface area contributed by atoms with E-state index >= 15 is 0 Å². The van der Waals surface area contributed by atoms with E-state index in [9.17, 15) is 0 Å². The Balaban J connectivity index is 1.70. The van der Waals surface area contributed by atoms with E-state index in [4.69, 9.17) is 4.98 Å². The maximum Gasteiger partial charge on any atom is 0.141 e. The molecule has 2 aromatic heterocycles. The molecule has 1 aliphatic heterocycles. The lowest BCUT2D eigenvalue weighted by atomic mass is 10.0.